The molecule has 7 heteroatoms. The molecule has 25 heavy (non-hydrogen) atoms. The molecule has 1 aromatic carbocycles. The summed E-state index contributed by atoms with van der Waals surface area (Å²) in [6.45, 7) is 6.20. The van der Waals surface area contributed by atoms with Crippen molar-refractivity contribution in [3.63, 3.8) is 0 Å². The summed E-state index contributed by atoms with van der Waals surface area (Å²) in [7, 11) is 5.60. The van der Waals surface area contributed by atoms with Gasteiger partial charge in [-0.2, -0.15) is 0 Å². The number of guanidine groups is 1. The Morgan fingerprint density at radius 2 is 2.04 bits per heavy atom. The van der Waals surface area contributed by atoms with E-state index in [2.05, 4.69) is 27.6 Å². The summed E-state index contributed by atoms with van der Waals surface area (Å²) in [6.07, 6.45) is 1.01. The van der Waals surface area contributed by atoms with Gasteiger partial charge >= 0.3 is 0 Å². The minimum atomic E-state index is -0.0323. The number of likely N-dealkylation sites (N-methyl/N-ethyl adjacent to an activating group) is 1. The Kier molecular flexibility index (Phi) is 11.0. The number of aliphatic imine (C=N–C) groups is 1. The SMILES string of the molecule is CN=C(NCCN(C)CCCOC)NCC(C)Oc1ccccc1Cl. The lowest BCUT2D eigenvalue weighted by atomic mass is 10.3. The summed E-state index contributed by atoms with van der Waals surface area (Å²) in [5.41, 5.74) is 0. The van der Waals surface area contributed by atoms with E-state index in [1.807, 2.05) is 31.2 Å². The van der Waals surface area contributed by atoms with Gasteiger partial charge < -0.3 is 25.0 Å². The highest BCUT2D eigenvalue weighted by Crippen LogP contribution is 2.23. The summed E-state index contributed by atoms with van der Waals surface area (Å²) in [6, 6.07) is 7.48. The average molecular weight is 371 g/mol. The zero-order valence-electron chi connectivity index (χ0n) is 15.7. The highest BCUT2D eigenvalue weighted by Gasteiger charge is 2.08. The van der Waals surface area contributed by atoms with Crippen molar-refractivity contribution in [3.8, 4) is 5.75 Å². The van der Waals surface area contributed by atoms with Crippen LogP contribution in [-0.4, -0.2) is 71.0 Å². The van der Waals surface area contributed by atoms with E-state index in [4.69, 9.17) is 21.1 Å². The second-order valence-corrected chi connectivity index (χ2v) is 6.30. The highest BCUT2D eigenvalue weighted by molar-refractivity contribution is 6.32. The van der Waals surface area contributed by atoms with Crippen LogP contribution in [0.15, 0.2) is 29.3 Å². The van der Waals surface area contributed by atoms with Crippen LogP contribution in [0.25, 0.3) is 0 Å². The Bertz CT molecular complexity index is 514. The van der Waals surface area contributed by atoms with Gasteiger partial charge in [0.25, 0.3) is 0 Å². The zero-order valence-corrected chi connectivity index (χ0v) is 16.5. The maximum atomic E-state index is 6.11. The Morgan fingerprint density at radius 3 is 2.72 bits per heavy atom. The normalized spacial score (nSPS) is 13.0. The van der Waals surface area contributed by atoms with E-state index in [0.717, 1.165) is 38.6 Å². The number of ether oxygens (including phenoxy) is 2. The fourth-order valence-corrected chi connectivity index (χ4v) is 2.40. The molecule has 2 N–H and O–H groups in total. The summed E-state index contributed by atoms with van der Waals surface area (Å²) in [5, 5.41) is 7.19. The number of methoxy groups -OCH3 is 1. The molecule has 0 bridgehead atoms. The van der Waals surface area contributed by atoms with Crippen LogP contribution >= 0.6 is 11.6 Å². The third-order valence-electron chi connectivity index (χ3n) is 3.62. The molecule has 1 rings (SSSR count). The Balaban J connectivity index is 2.24. The van der Waals surface area contributed by atoms with Crippen LogP contribution < -0.4 is 15.4 Å². The molecule has 142 valence electrons. The van der Waals surface area contributed by atoms with E-state index in [1.165, 1.54) is 0 Å². The van der Waals surface area contributed by atoms with Crippen molar-refractivity contribution in [2.75, 3.05) is 54.0 Å². The molecule has 1 unspecified atom stereocenters. The second-order valence-electron chi connectivity index (χ2n) is 5.89. The van der Waals surface area contributed by atoms with Crippen LogP contribution in [0, 0.1) is 0 Å². The van der Waals surface area contributed by atoms with Crippen molar-refractivity contribution in [2.24, 2.45) is 4.99 Å². The molecule has 0 fully saturated rings. The van der Waals surface area contributed by atoms with Crippen LogP contribution in [0.5, 0.6) is 5.75 Å². The second kappa shape index (κ2) is 12.8. The van der Waals surface area contributed by atoms with Gasteiger partial charge in [0, 0.05) is 40.4 Å². The van der Waals surface area contributed by atoms with Gasteiger partial charge in [0.2, 0.25) is 0 Å². The van der Waals surface area contributed by atoms with E-state index in [9.17, 15) is 0 Å². The van der Waals surface area contributed by atoms with Gasteiger partial charge in [-0.3, -0.25) is 4.99 Å². The predicted molar refractivity (Wildman–Crippen MR) is 105 cm³/mol. The number of nitrogens with one attached hydrogen (secondary N) is 2. The van der Waals surface area contributed by atoms with Crippen LogP contribution in [0.1, 0.15) is 13.3 Å². The van der Waals surface area contributed by atoms with E-state index >= 15 is 0 Å². The van der Waals surface area contributed by atoms with Crippen LogP contribution in [0.2, 0.25) is 5.02 Å². The lowest BCUT2D eigenvalue weighted by Gasteiger charge is -2.20. The molecule has 0 radical (unpaired) electrons. The first-order valence-electron chi connectivity index (χ1n) is 8.60. The van der Waals surface area contributed by atoms with Gasteiger partial charge in [-0.25, -0.2) is 0 Å². The summed E-state index contributed by atoms with van der Waals surface area (Å²) in [5.74, 6) is 1.46. The van der Waals surface area contributed by atoms with Crippen molar-refractivity contribution < 1.29 is 9.47 Å². The topological polar surface area (TPSA) is 58.1 Å². The van der Waals surface area contributed by atoms with E-state index in [1.54, 1.807) is 14.2 Å². The molecule has 1 aromatic rings. The maximum absolute atomic E-state index is 6.11. The molecule has 0 saturated heterocycles. The number of nitrogens with zero attached hydrogens (tertiary/aromatic N) is 2. The van der Waals surface area contributed by atoms with Crippen molar-refractivity contribution in [1.82, 2.24) is 15.5 Å². The Hall–Kier alpha value is -1.50. The monoisotopic (exact) mass is 370 g/mol. The van der Waals surface area contributed by atoms with Gasteiger partial charge in [0.15, 0.2) is 5.96 Å². The third kappa shape index (κ3) is 9.53. The van der Waals surface area contributed by atoms with E-state index in [0.29, 0.717) is 17.3 Å². The van der Waals surface area contributed by atoms with Gasteiger partial charge in [-0.05, 0) is 32.5 Å². The van der Waals surface area contributed by atoms with Crippen LogP contribution in [0.3, 0.4) is 0 Å². The molecule has 0 saturated carbocycles. The molecule has 0 amide bonds. The molecule has 6 nitrogen and oxygen atoms in total. The fourth-order valence-electron chi connectivity index (χ4n) is 2.22. The first-order valence-corrected chi connectivity index (χ1v) is 8.97. The quantitative estimate of drug-likeness (QED) is 0.355. The van der Waals surface area contributed by atoms with Crippen molar-refractivity contribution in [1.29, 1.82) is 0 Å². The average Bonchev–Trinajstić information content (AvgIpc) is 2.60. The predicted octanol–water partition coefficient (Wildman–Crippen LogP) is 2.24. The molecular formula is C18H31ClN4O2. The summed E-state index contributed by atoms with van der Waals surface area (Å²) < 4.78 is 10.9. The maximum Gasteiger partial charge on any atom is 0.191 e. The Labute approximate surface area is 156 Å². The standard InChI is InChI=1S/C18H31ClN4O2/c1-15(25-17-9-6-5-8-16(17)19)14-22-18(20-2)21-10-12-23(3)11-7-13-24-4/h5-6,8-9,15H,7,10-14H2,1-4H3,(H2,20,21,22). The van der Waals surface area contributed by atoms with Crippen LogP contribution in [0.4, 0.5) is 0 Å². The summed E-state index contributed by atoms with van der Waals surface area (Å²) in [4.78, 5) is 6.50. The van der Waals surface area contributed by atoms with Gasteiger partial charge in [0.1, 0.15) is 11.9 Å². The third-order valence-corrected chi connectivity index (χ3v) is 3.93. The first kappa shape index (κ1) is 21.5. The lowest BCUT2D eigenvalue weighted by Crippen LogP contribution is -2.44. The number of benzene rings is 1. The fraction of sp³-hybridized carbons (Fsp3) is 0.611. The van der Waals surface area contributed by atoms with E-state index in [-0.39, 0.29) is 6.10 Å². The Morgan fingerprint density at radius 1 is 1.28 bits per heavy atom. The molecule has 0 aliphatic heterocycles. The van der Waals surface area contributed by atoms with E-state index < -0.39 is 0 Å². The lowest BCUT2D eigenvalue weighted by molar-refractivity contribution is 0.180. The number of hydrogen-bond acceptors (Lipinski definition) is 4. The van der Waals surface area contributed by atoms with Gasteiger partial charge in [0.05, 0.1) is 11.6 Å². The number of hydrogen-bond donors (Lipinski definition) is 2. The summed E-state index contributed by atoms with van der Waals surface area (Å²) >= 11 is 6.11. The molecule has 0 aliphatic carbocycles. The van der Waals surface area contributed by atoms with Gasteiger partial charge in [-0.1, -0.05) is 23.7 Å². The molecule has 0 heterocycles. The minimum Gasteiger partial charge on any atom is -0.487 e. The highest BCUT2D eigenvalue weighted by atomic mass is 35.5. The molecule has 1 atom stereocenters. The zero-order chi connectivity index (χ0) is 18.5. The largest absolute Gasteiger partial charge is 0.487 e. The number of para-hydroxylation sites is 1. The number of rotatable bonds is 11. The molecule has 0 spiro atoms. The van der Waals surface area contributed by atoms with Crippen molar-refractivity contribution in [2.45, 2.75) is 19.4 Å². The molecule has 0 aliphatic rings. The smallest absolute Gasteiger partial charge is 0.191 e. The molecule has 0 aromatic heterocycles. The van der Waals surface area contributed by atoms with Crippen molar-refractivity contribution >= 4 is 17.6 Å². The van der Waals surface area contributed by atoms with Crippen LogP contribution in [-0.2, 0) is 4.74 Å². The first-order chi connectivity index (χ1) is 12.1. The van der Waals surface area contributed by atoms with Crippen molar-refractivity contribution in [3.05, 3.63) is 29.3 Å². The number of halogens is 1. The molecular weight excluding hydrogens is 340 g/mol. The minimum absolute atomic E-state index is 0.0323. The van der Waals surface area contributed by atoms with Gasteiger partial charge in [-0.15, -0.1) is 0 Å².